The fourth-order valence-electron chi connectivity index (χ4n) is 1.47. The summed E-state index contributed by atoms with van der Waals surface area (Å²) in [7, 11) is 1.68. The van der Waals surface area contributed by atoms with Gasteiger partial charge < -0.3 is 15.4 Å². The second kappa shape index (κ2) is 6.14. The van der Waals surface area contributed by atoms with Crippen LogP contribution in [0.4, 0.5) is 22.0 Å². The van der Waals surface area contributed by atoms with E-state index in [1.54, 1.807) is 25.2 Å². The molecule has 0 aliphatic heterocycles. The number of benzene rings is 1. The van der Waals surface area contributed by atoms with Crippen LogP contribution < -0.4 is 15.4 Å². The van der Waals surface area contributed by atoms with E-state index in [0.717, 1.165) is 0 Å². The summed E-state index contributed by atoms with van der Waals surface area (Å²) in [5.74, 6) is 0.171. The number of nitrogens with zero attached hydrogens (tertiary/aromatic N) is 3. The van der Waals surface area contributed by atoms with Gasteiger partial charge in [-0.05, 0) is 26.0 Å². The van der Waals surface area contributed by atoms with Crippen molar-refractivity contribution in [2.24, 2.45) is 0 Å². The zero-order valence-corrected chi connectivity index (χ0v) is 11.5. The lowest BCUT2D eigenvalue weighted by Gasteiger charge is -2.11. The van der Waals surface area contributed by atoms with E-state index in [9.17, 15) is 4.39 Å². The molecule has 0 spiro atoms. The van der Waals surface area contributed by atoms with E-state index in [2.05, 4.69) is 25.6 Å². The largest absolute Gasteiger partial charge is 0.461 e. The van der Waals surface area contributed by atoms with E-state index in [-0.39, 0.29) is 29.6 Å². The molecule has 1 aromatic heterocycles. The Labute approximate surface area is 116 Å². The predicted molar refractivity (Wildman–Crippen MR) is 74.8 cm³/mol. The molecule has 0 amide bonds. The van der Waals surface area contributed by atoms with E-state index in [0.29, 0.717) is 5.95 Å². The number of aromatic nitrogens is 3. The Bertz CT molecular complexity index is 591. The molecule has 2 rings (SSSR count). The normalized spacial score (nSPS) is 10.4. The minimum absolute atomic E-state index is 0.0663. The van der Waals surface area contributed by atoms with Gasteiger partial charge in [-0.2, -0.15) is 15.0 Å². The van der Waals surface area contributed by atoms with Crippen LogP contribution in [0.25, 0.3) is 0 Å². The van der Waals surface area contributed by atoms with Crippen LogP contribution in [0.15, 0.2) is 24.3 Å². The maximum absolute atomic E-state index is 13.6. The molecule has 20 heavy (non-hydrogen) atoms. The molecule has 0 aliphatic carbocycles. The molecule has 0 bridgehead atoms. The number of halogens is 1. The first-order valence-corrected chi connectivity index (χ1v) is 6.20. The van der Waals surface area contributed by atoms with E-state index < -0.39 is 0 Å². The van der Waals surface area contributed by atoms with Crippen molar-refractivity contribution in [2.75, 3.05) is 17.7 Å². The average Bonchev–Trinajstić information content (AvgIpc) is 2.40. The predicted octanol–water partition coefficient (Wildman–Crippen LogP) is 2.58. The van der Waals surface area contributed by atoms with Gasteiger partial charge in [-0.3, -0.25) is 0 Å². The lowest BCUT2D eigenvalue weighted by molar-refractivity contribution is 0.222. The molecule has 0 radical (unpaired) electrons. The quantitative estimate of drug-likeness (QED) is 0.875. The molecule has 0 aliphatic rings. The van der Waals surface area contributed by atoms with Crippen LogP contribution in [0, 0.1) is 5.82 Å². The Balaban J connectivity index is 2.29. The first-order valence-electron chi connectivity index (χ1n) is 6.20. The second-order valence-corrected chi connectivity index (χ2v) is 4.29. The highest BCUT2D eigenvalue weighted by Crippen LogP contribution is 2.19. The molecule has 0 atom stereocenters. The Morgan fingerprint density at radius 2 is 1.80 bits per heavy atom. The molecular weight excluding hydrogens is 261 g/mol. The van der Waals surface area contributed by atoms with Crippen LogP contribution >= 0.6 is 0 Å². The van der Waals surface area contributed by atoms with Gasteiger partial charge in [0, 0.05) is 7.05 Å². The third-order valence-electron chi connectivity index (χ3n) is 2.30. The van der Waals surface area contributed by atoms with Crippen LogP contribution in [0.1, 0.15) is 13.8 Å². The van der Waals surface area contributed by atoms with Gasteiger partial charge in [-0.25, -0.2) is 4.39 Å². The summed E-state index contributed by atoms with van der Waals surface area (Å²) in [4.78, 5) is 12.3. The Morgan fingerprint density at radius 3 is 2.45 bits per heavy atom. The lowest BCUT2D eigenvalue weighted by atomic mass is 10.3. The standard InChI is InChI=1S/C13H16FN5O/c1-8(2)20-13-18-11(15-3)17-12(19-13)16-10-7-5-4-6-9(10)14/h4-8H,1-3H3,(H2,15,16,17,18,19). The van der Waals surface area contributed by atoms with Gasteiger partial charge in [0.2, 0.25) is 11.9 Å². The third-order valence-corrected chi connectivity index (χ3v) is 2.30. The van der Waals surface area contributed by atoms with Crippen LogP contribution in [-0.2, 0) is 0 Å². The highest BCUT2D eigenvalue weighted by molar-refractivity contribution is 5.54. The number of ether oxygens (including phenoxy) is 1. The van der Waals surface area contributed by atoms with E-state index in [1.165, 1.54) is 6.07 Å². The minimum Gasteiger partial charge on any atom is -0.461 e. The monoisotopic (exact) mass is 277 g/mol. The molecule has 0 saturated carbocycles. The van der Waals surface area contributed by atoms with E-state index in [1.807, 2.05) is 13.8 Å². The Hall–Kier alpha value is -2.44. The summed E-state index contributed by atoms with van der Waals surface area (Å²) < 4.78 is 19.0. The third kappa shape index (κ3) is 3.53. The lowest BCUT2D eigenvalue weighted by Crippen LogP contribution is -2.12. The summed E-state index contributed by atoms with van der Waals surface area (Å²) in [6.45, 7) is 3.74. The molecule has 0 saturated heterocycles. The van der Waals surface area contributed by atoms with Gasteiger partial charge in [0.25, 0.3) is 0 Å². The zero-order chi connectivity index (χ0) is 14.5. The Kier molecular flexibility index (Phi) is 4.29. The molecule has 1 heterocycles. The number of para-hydroxylation sites is 1. The molecular formula is C13H16FN5O. The SMILES string of the molecule is CNc1nc(Nc2ccccc2F)nc(OC(C)C)n1. The van der Waals surface area contributed by atoms with Crippen molar-refractivity contribution in [3.05, 3.63) is 30.1 Å². The van der Waals surface area contributed by atoms with Crippen molar-refractivity contribution in [3.8, 4) is 6.01 Å². The van der Waals surface area contributed by atoms with Crippen molar-refractivity contribution in [1.29, 1.82) is 0 Å². The van der Waals surface area contributed by atoms with Crippen LogP contribution in [0.2, 0.25) is 0 Å². The maximum Gasteiger partial charge on any atom is 0.323 e. The molecule has 0 fully saturated rings. The summed E-state index contributed by atoms with van der Waals surface area (Å²) >= 11 is 0. The topological polar surface area (TPSA) is 72.0 Å². The Morgan fingerprint density at radius 1 is 1.10 bits per heavy atom. The van der Waals surface area contributed by atoms with Crippen molar-refractivity contribution in [3.63, 3.8) is 0 Å². The summed E-state index contributed by atoms with van der Waals surface area (Å²) in [6.07, 6.45) is -0.0663. The number of rotatable bonds is 5. The van der Waals surface area contributed by atoms with E-state index in [4.69, 9.17) is 4.74 Å². The van der Waals surface area contributed by atoms with Crippen LogP contribution in [-0.4, -0.2) is 28.1 Å². The number of hydrogen-bond acceptors (Lipinski definition) is 6. The van der Waals surface area contributed by atoms with Gasteiger partial charge in [0.15, 0.2) is 0 Å². The van der Waals surface area contributed by atoms with Gasteiger partial charge in [-0.15, -0.1) is 0 Å². The summed E-state index contributed by atoms with van der Waals surface area (Å²) in [5, 5.41) is 5.61. The molecule has 2 N–H and O–H groups in total. The van der Waals surface area contributed by atoms with Crippen molar-refractivity contribution >= 4 is 17.6 Å². The van der Waals surface area contributed by atoms with Crippen molar-refractivity contribution in [1.82, 2.24) is 15.0 Å². The highest BCUT2D eigenvalue weighted by atomic mass is 19.1. The van der Waals surface area contributed by atoms with Crippen molar-refractivity contribution < 1.29 is 9.13 Å². The average molecular weight is 277 g/mol. The highest BCUT2D eigenvalue weighted by Gasteiger charge is 2.10. The number of nitrogens with one attached hydrogen (secondary N) is 2. The van der Waals surface area contributed by atoms with E-state index >= 15 is 0 Å². The van der Waals surface area contributed by atoms with Crippen LogP contribution in [0.5, 0.6) is 6.01 Å². The fraction of sp³-hybridized carbons (Fsp3) is 0.308. The minimum atomic E-state index is -0.384. The summed E-state index contributed by atoms with van der Waals surface area (Å²) in [6, 6.07) is 6.46. The van der Waals surface area contributed by atoms with Gasteiger partial charge in [0.1, 0.15) is 5.82 Å². The zero-order valence-electron chi connectivity index (χ0n) is 11.5. The number of anilines is 3. The molecule has 7 heteroatoms. The molecule has 1 aromatic carbocycles. The molecule has 2 aromatic rings. The van der Waals surface area contributed by atoms with Crippen molar-refractivity contribution in [2.45, 2.75) is 20.0 Å². The molecule has 106 valence electrons. The first kappa shape index (κ1) is 14.0. The molecule has 6 nitrogen and oxygen atoms in total. The molecule has 0 unspecified atom stereocenters. The smallest absolute Gasteiger partial charge is 0.323 e. The van der Waals surface area contributed by atoms with Gasteiger partial charge >= 0.3 is 6.01 Å². The number of hydrogen-bond donors (Lipinski definition) is 2. The van der Waals surface area contributed by atoms with Gasteiger partial charge in [0.05, 0.1) is 11.8 Å². The first-order chi connectivity index (χ1) is 9.58. The van der Waals surface area contributed by atoms with Gasteiger partial charge in [-0.1, -0.05) is 12.1 Å². The van der Waals surface area contributed by atoms with Crippen LogP contribution in [0.3, 0.4) is 0 Å². The second-order valence-electron chi connectivity index (χ2n) is 4.29. The fourth-order valence-corrected chi connectivity index (χ4v) is 1.47. The summed E-state index contributed by atoms with van der Waals surface area (Å²) in [5.41, 5.74) is 0.288. The maximum atomic E-state index is 13.6.